The molecule has 0 N–H and O–H groups in total. The Morgan fingerprint density at radius 2 is 1.95 bits per heavy atom. The summed E-state index contributed by atoms with van der Waals surface area (Å²) >= 11 is 5.61. The third-order valence-corrected chi connectivity index (χ3v) is 4.83. The number of aromatic nitrogens is 2. The van der Waals surface area contributed by atoms with E-state index in [9.17, 15) is 8.42 Å². The maximum atomic E-state index is 12.4. The van der Waals surface area contributed by atoms with Crippen molar-refractivity contribution in [3.8, 4) is 0 Å². The minimum absolute atomic E-state index is 0.268. The van der Waals surface area contributed by atoms with E-state index in [1.807, 2.05) is 13.8 Å². The van der Waals surface area contributed by atoms with Crippen molar-refractivity contribution < 1.29 is 8.42 Å². The number of rotatable bonds is 9. The van der Waals surface area contributed by atoms with Crippen LogP contribution in [-0.4, -0.2) is 41.5 Å². The average Bonchev–Trinajstić information content (AvgIpc) is 2.85. The molecule has 19 heavy (non-hydrogen) atoms. The van der Waals surface area contributed by atoms with E-state index in [0.717, 1.165) is 19.3 Å². The van der Waals surface area contributed by atoms with Crippen LogP contribution in [0, 0.1) is 0 Å². The summed E-state index contributed by atoms with van der Waals surface area (Å²) in [4.78, 5) is 0.268. The van der Waals surface area contributed by atoms with Crippen LogP contribution in [0.5, 0.6) is 0 Å². The van der Waals surface area contributed by atoms with Crippen molar-refractivity contribution in [2.45, 2.75) is 44.6 Å². The number of hydrogen-bond donors (Lipinski definition) is 0. The van der Waals surface area contributed by atoms with E-state index in [1.54, 1.807) is 10.9 Å². The first-order valence-electron chi connectivity index (χ1n) is 6.64. The fraction of sp³-hybridized carbons (Fsp3) is 0.750. The van der Waals surface area contributed by atoms with Crippen molar-refractivity contribution in [3.63, 3.8) is 0 Å². The van der Waals surface area contributed by atoms with Gasteiger partial charge in [-0.3, -0.25) is 4.68 Å². The molecule has 0 amide bonds. The van der Waals surface area contributed by atoms with Gasteiger partial charge in [-0.25, -0.2) is 8.42 Å². The SMILES string of the molecule is CCCN(CCC)S(=O)(=O)c1cnn(CCCCl)c1. The summed E-state index contributed by atoms with van der Waals surface area (Å²) in [6.45, 7) is 5.68. The molecule has 0 unspecified atom stereocenters. The average molecular weight is 308 g/mol. The third kappa shape index (κ3) is 4.47. The van der Waals surface area contributed by atoms with Gasteiger partial charge in [-0.15, -0.1) is 11.6 Å². The van der Waals surface area contributed by atoms with Crippen molar-refractivity contribution >= 4 is 21.6 Å². The summed E-state index contributed by atoms with van der Waals surface area (Å²) in [7, 11) is -3.41. The standard InChI is InChI=1S/C12H22ClN3O2S/c1-3-7-16(8-4-2)19(17,18)12-10-14-15(11-12)9-5-6-13/h10-11H,3-9H2,1-2H3. The Bertz CT molecular complexity index is 467. The fourth-order valence-corrected chi connectivity index (χ4v) is 3.52. The molecular formula is C12H22ClN3O2S. The Hall–Kier alpha value is -0.590. The van der Waals surface area contributed by atoms with Gasteiger partial charge in [0.2, 0.25) is 10.0 Å². The van der Waals surface area contributed by atoms with E-state index in [0.29, 0.717) is 25.5 Å². The molecule has 0 spiro atoms. The lowest BCUT2D eigenvalue weighted by Gasteiger charge is -2.19. The minimum Gasteiger partial charge on any atom is -0.271 e. The maximum absolute atomic E-state index is 12.4. The molecule has 1 heterocycles. The van der Waals surface area contributed by atoms with Crippen molar-refractivity contribution in [1.29, 1.82) is 0 Å². The van der Waals surface area contributed by atoms with Crippen molar-refractivity contribution in [3.05, 3.63) is 12.4 Å². The maximum Gasteiger partial charge on any atom is 0.246 e. The summed E-state index contributed by atoms with van der Waals surface area (Å²) in [6, 6.07) is 0. The van der Waals surface area contributed by atoms with Crippen LogP contribution < -0.4 is 0 Å². The quantitative estimate of drug-likeness (QED) is 0.658. The number of alkyl halides is 1. The molecule has 0 aliphatic rings. The highest BCUT2D eigenvalue weighted by Gasteiger charge is 2.24. The number of hydrogen-bond acceptors (Lipinski definition) is 3. The summed E-state index contributed by atoms with van der Waals surface area (Å²) in [5.41, 5.74) is 0. The van der Waals surface area contributed by atoms with Crippen LogP contribution in [-0.2, 0) is 16.6 Å². The van der Waals surface area contributed by atoms with E-state index in [1.165, 1.54) is 10.5 Å². The number of aryl methyl sites for hydroxylation is 1. The van der Waals surface area contributed by atoms with Gasteiger partial charge in [-0.1, -0.05) is 13.8 Å². The lowest BCUT2D eigenvalue weighted by atomic mass is 10.4. The van der Waals surface area contributed by atoms with Crippen LogP contribution in [0.4, 0.5) is 0 Å². The molecule has 1 aromatic rings. The van der Waals surface area contributed by atoms with Crippen LogP contribution in [0.2, 0.25) is 0 Å². The van der Waals surface area contributed by atoms with E-state index in [-0.39, 0.29) is 4.90 Å². The van der Waals surface area contributed by atoms with Gasteiger partial charge in [0, 0.05) is 31.7 Å². The van der Waals surface area contributed by atoms with Crippen LogP contribution in [0.3, 0.4) is 0 Å². The number of nitrogens with zero attached hydrogens (tertiary/aromatic N) is 3. The highest BCUT2D eigenvalue weighted by atomic mass is 35.5. The van der Waals surface area contributed by atoms with Crippen LogP contribution in [0.25, 0.3) is 0 Å². The first-order chi connectivity index (χ1) is 9.06. The van der Waals surface area contributed by atoms with Crippen LogP contribution in [0.15, 0.2) is 17.3 Å². The third-order valence-electron chi connectivity index (χ3n) is 2.71. The largest absolute Gasteiger partial charge is 0.271 e. The predicted octanol–water partition coefficient (Wildman–Crippen LogP) is 2.32. The zero-order valence-electron chi connectivity index (χ0n) is 11.5. The second kappa shape index (κ2) is 7.87. The Morgan fingerprint density at radius 3 is 2.47 bits per heavy atom. The minimum atomic E-state index is -3.41. The Labute approximate surface area is 120 Å². The molecule has 1 rings (SSSR count). The van der Waals surface area contributed by atoms with Crippen molar-refractivity contribution in [2.24, 2.45) is 0 Å². The first-order valence-corrected chi connectivity index (χ1v) is 8.62. The molecule has 0 aliphatic heterocycles. The highest BCUT2D eigenvalue weighted by Crippen LogP contribution is 2.15. The molecule has 0 atom stereocenters. The first kappa shape index (κ1) is 16.5. The zero-order chi connectivity index (χ0) is 14.3. The van der Waals surface area contributed by atoms with Gasteiger partial charge in [0.15, 0.2) is 0 Å². The van der Waals surface area contributed by atoms with Gasteiger partial charge in [0.05, 0.1) is 6.20 Å². The molecule has 0 aliphatic carbocycles. The van der Waals surface area contributed by atoms with E-state index in [4.69, 9.17) is 11.6 Å². The summed E-state index contributed by atoms with van der Waals surface area (Å²) in [6.07, 6.45) is 5.39. The molecule has 0 aromatic carbocycles. The van der Waals surface area contributed by atoms with E-state index < -0.39 is 10.0 Å². The van der Waals surface area contributed by atoms with Crippen molar-refractivity contribution in [1.82, 2.24) is 14.1 Å². The lowest BCUT2D eigenvalue weighted by molar-refractivity contribution is 0.410. The Balaban J connectivity index is 2.88. The predicted molar refractivity (Wildman–Crippen MR) is 76.9 cm³/mol. The van der Waals surface area contributed by atoms with Gasteiger partial charge in [-0.2, -0.15) is 9.40 Å². The summed E-state index contributed by atoms with van der Waals surface area (Å²) < 4.78 is 28.0. The Kier molecular flexibility index (Phi) is 6.82. The topological polar surface area (TPSA) is 55.2 Å². The monoisotopic (exact) mass is 307 g/mol. The molecule has 5 nitrogen and oxygen atoms in total. The van der Waals surface area contributed by atoms with E-state index in [2.05, 4.69) is 5.10 Å². The van der Waals surface area contributed by atoms with Gasteiger partial charge in [0.1, 0.15) is 4.90 Å². The van der Waals surface area contributed by atoms with Crippen LogP contribution >= 0.6 is 11.6 Å². The lowest BCUT2D eigenvalue weighted by Crippen LogP contribution is -2.32. The molecule has 0 fully saturated rings. The number of sulfonamides is 1. The summed E-state index contributed by atoms with van der Waals surface area (Å²) in [5, 5.41) is 4.07. The van der Waals surface area contributed by atoms with Gasteiger partial charge < -0.3 is 0 Å². The molecule has 110 valence electrons. The summed E-state index contributed by atoms with van der Waals surface area (Å²) in [5.74, 6) is 0.541. The Morgan fingerprint density at radius 1 is 1.32 bits per heavy atom. The van der Waals surface area contributed by atoms with Gasteiger partial charge in [-0.05, 0) is 19.3 Å². The van der Waals surface area contributed by atoms with Crippen molar-refractivity contribution in [2.75, 3.05) is 19.0 Å². The molecule has 0 radical (unpaired) electrons. The van der Waals surface area contributed by atoms with Gasteiger partial charge >= 0.3 is 0 Å². The zero-order valence-corrected chi connectivity index (χ0v) is 13.1. The second-order valence-corrected chi connectivity index (χ2v) is 6.70. The fourth-order valence-electron chi connectivity index (χ4n) is 1.82. The number of halogens is 1. The smallest absolute Gasteiger partial charge is 0.246 e. The molecular weight excluding hydrogens is 286 g/mol. The highest BCUT2D eigenvalue weighted by molar-refractivity contribution is 7.89. The molecule has 0 saturated heterocycles. The molecule has 0 bridgehead atoms. The van der Waals surface area contributed by atoms with Gasteiger partial charge in [0.25, 0.3) is 0 Å². The van der Waals surface area contributed by atoms with E-state index >= 15 is 0 Å². The normalized spacial score (nSPS) is 12.2. The van der Waals surface area contributed by atoms with Crippen LogP contribution in [0.1, 0.15) is 33.1 Å². The second-order valence-electron chi connectivity index (χ2n) is 4.39. The molecule has 7 heteroatoms. The molecule has 1 aromatic heterocycles. The molecule has 0 saturated carbocycles.